The number of carbonyl (C=O) groups is 4. The number of hydrogen-bond acceptors (Lipinski definition) is 6. The summed E-state index contributed by atoms with van der Waals surface area (Å²) in [6, 6.07) is 2.96. The van der Waals surface area contributed by atoms with Crippen molar-refractivity contribution in [3.63, 3.8) is 0 Å². The van der Waals surface area contributed by atoms with Crippen LogP contribution in [0, 0.1) is 0 Å². The molecule has 1 heterocycles. The Hall–Kier alpha value is -3.14. The van der Waals surface area contributed by atoms with Crippen molar-refractivity contribution in [2.24, 2.45) is 5.73 Å². The summed E-state index contributed by atoms with van der Waals surface area (Å²) in [5.74, 6) is -3.47. The second-order valence-corrected chi connectivity index (χ2v) is 7.00. The molecule has 2 amide bonds. The lowest BCUT2D eigenvalue weighted by Gasteiger charge is -2.28. The SMILES string of the molecule is NC(Cc1ccc(O)cc1)C(=O)NC(CCC(=O)O)C(=O)N1CCCC1C(=O)O. The van der Waals surface area contributed by atoms with E-state index in [4.69, 9.17) is 10.8 Å². The maximum absolute atomic E-state index is 12.8. The summed E-state index contributed by atoms with van der Waals surface area (Å²) in [5, 5.41) is 30.0. The Morgan fingerprint density at radius 3 is 2.41 bits per heavy atom. The van der Waals surface area contributed by atoms with E-state index in [1.807, 2.05) is 0 Å². The zero-order chi connectivity index (χ0) is 21.6. The van der Waals surface area contributed by atoms with Gasteiger partial charge in [-0.3, -0.25) is 14.4 Å². The summed E-state index contributed by atoms with van der Waals surface area (Å²) < 4.78 is 0. The van der Waals surface area contributed by atoms with Gasteiger partial charge in [-0.05, 0) is 43.4 Å². The van der Waals surface area contributed by atoms with Crippen LogP contribution < -0.4 is 11.1 Å². The standard InChI is InChI=1S/C19H25N3O7/c20-13(10-11-3-5-12(23)6-4-11)17(26)21-14(7-8-16(24)25)18(27)22-9-1-2-15(22)19(28)29/h3-6,13-15,23H,1-2,7-10,20H2,(H,21,26)(H,24,25)(H,28,29). The monoisotopic (exact) mass is 407 g/mol. The van der Waals surface area contributed by atoms with Crippen LogP contribution in [-0.2, 0) is 25.6 Å². The van der Waals surface area contributed by atoms with Gasteiger partial charge < -0.3 is 31.3 Å². The van der Waals surface area contributed by atoms with E-state index in [1.165, 1.54) is 17.0 Å². The van der Waals surface area contributed by atoms with Gasteiger partial charge >= 0.3 is 11.9 Å². The fourth-order valence-electron chi connectivity index (χ4n) is 3.27. The van der Waals surface area contributed by atoms with Crippen molar-refractivity contribution in [3.8, 4) is 5.75 Å². The van der Waals surface area contributed by atoms with Gasteiger partial charge in [0.15, 0.2) is 0 Å². The Kier molecular flexibility index (Phi) is 7.54. The number of carboxylic acid groups (broad SMARTS) is 2. The Morgan fingerprint density at radius 2 is 1.83 bits per heavy atom. The second-order valence-electron chi connectivity index (χ2n) is 7.00. The molecule has 1 aliphatic rings. The minimum absolute atomic E-state index is 0.0738. The summed E-state index contributed by atoms with van der Waals surface area (Å²) in [5.41, 5.74) is 6.61. The molecule has 1 aromatic carbocycles. The highest BCUT2D eigenvalue weighted by atomic mass is 16.4. The minimum Gasteiger partial charge on any atom is -0.508 e. The number of aromatic hydroxyl groups is 1. The van der Waals surface area contributed by atoms with E-state index in [-0.39, 0.29) is 31.6 Å². The first kappa shape index (κ1) is 22.2. The van der Waals surface area contributed by atoms with E-state index < -0.39 is 41.9 Å². The van der Waals surface area contributed by atoms with Crippen LogP contribution in [0.4, 0.5) is 0 Å². The Balaban J connectivity index is 2.07. The number of aliphatic carboxylic acids is 2. The van der Waals surface area contributed by atoms with Crippen LogP contribution in [0.3, 0.4) is 0 Å². The van der Waals surface area contributed by atoms with Crippen molar-refractivity contribution in [1.29, 1.82) is 0 Å². The number of amides is 2. The highest BCUT2D eigenvalue weighted by molar-refractivity contribution is 5.92. The topological polar surface area (TPSA) is 170 Å². The molecule has 0 aliphatic carbocycles. The number of rotatable bonds is 9. The third-order valence-electron chi connectivity index (χ3n) is 4.81. The first-order chi connectivity index (χ1) is 13.7. The first-order valence-electron chi connectivity index (χ1n) is 9.28. The third-order valence-corrected chi connectivity index (χ3v) is 4.81. The van der Waals surface area contributed by atoms with E-state index in [9.17, 15) is 29.4 Å². The molecule has 1 aromatic rings. The van der Waals surface area contributed by atoms with Gasteiger partial charge in [0.2, 0.25) is 11.8 Å². The van der Waals surface area contributed by atoms with Gasteiger partial charge in [-0.2, -0.15) is 0 Å². The number of nitrogens with two attached hydrogens (primary N) is 1. The molecule has 3 atom stereocenters. The summed E-state index contributed by atoms with van der Waals surface area (Å²) in [6.07, 6.45) is 0.432. The van der Waals surface area contributed by atoms with Gasteiger partial charge in [-0.15, -0.1) is 0 Å². The van der Waals surface area contributed by atoms with Crippen LogP contribution in [-0.4, -0.2) is 68.6 Å². The molecule has 0 aromatic heterocycles. The number of phenolic OH excluding ortho intramolecular Hbond substituents is 1. The van der Waals surface area contributed by atoms with E-state index in [1.54, 1.807) is 12.1 Å². The molecule has 1 saturated heterocycles. The maximum atomic E-state index is 12.8. The molecule has 10 nitrogen and oxygen atoms in total. The molecule has 10 heteroatoms. The van der Waals surface area contributed by atoms with Gasteiger partial charge in [-0.1, -0.05) is 12.1 Å². The van der Waals surface area contributed by atoms with Crippen LogP contribution in [0.5, 0.6) is 5.75 Å². The molecule has 0 saturated carbocycles. The molecular formula is C19H25N3O7. The molecule has 3 unspecified atom stereocenters. The normalized spacial score (nSPS) is 18.1. The number of nitrogens with one attached hydrogen (secondary N) is 1. The number of phenols is 1. The third kappa shape index (κ3) is 6.18. The van der Waals surface area contributed by atoms with Crippen LogP contribution in [0.2, 0.25) is 0 Å². The molecular weight excluding hydrogens is 382 g/mol. The zero-order valence-corrected chi connectivity index (χ0v) is 15.8. The van der Waals surface area contributed by atoms with Gasteiger partial charge in [0.25, 0.3) is 0 Å². The summed E-state index contributed by atoms with van der Waals surface area (Å²) >= 11 is 0. The lowest BCUT2D eigenvalue weighted by molar-refractivity contribution is -0.150. The van der Waals surface area contributed by atoms with E-state index in [0.29, 0.717) is 18.4 Å². The molecule has 0 bridgehead atoms. The molecule has 6 N–H and O–H groups in total. The predicted molar refractivity (Wildman–Crippen MR) is 101 cm³/mol. The Labute approximate surface area is 167 Å². The maximum Gasteiger partial charge on any atom is 0.326 e. The fourth-order valence-corrected chi connectivity index (χ4v) is 3.27. The number of hydrogen-bond donors (Lipinski definition) is 5. The summed E-state index contributed by atoms with van der Waals surface area (Å²) in [6.45, 7) is 0.231. The summed E-state index contributed by atoms with van der Waals surface area (Å²) in [4.78, 5) is 48.7. The van der Waals surface area contributed by atoms with Crippen molar-refractivity contribution in [2.75, 3.05) is 6.54 Å². The predicted octanol–water partition coefficient (Wildman–Crippen LogP) is -0.313. The average Bonchev–Trinajstić information content (AvgIpc) is 3.16. The average molecular weight is 407 g/mol. The van der Waals surface area contributed by atoms with Crippen molar-refractivity contribution in [2.45, 2.75) is 50.2 Å². The molecule has 2 rings (SSSR count). The molecule has 29 heavy (non-hydrogen) atoms. The second kappa shape index (κ2) is 9.87. The van der Waals surface area contributed by atoms with Crippen molar-refractivity contribution >= 4 is 23.8 Å². The van der Waals surface area contributed by atoms with Crippen LogP contribution in [0.15, 0.2) is 24.3 Å². The number of likely N-dealkylation sites (tertiary alicyclic amines) is 1. The highest BCUT2D eigenvalue weighted by Gasteiger charge is 2.38. The fraction of sp³-hybridized carbons (Fsp3) is 0.474. The van der Waals surface area contributed by atoms with Gasteiger partial charge in [-0.25, -0.2) is 4.79 Å². The largest absolute Gasteiger partial charge is 0.508 e. The van der Waals surface area contributed by atoms with Gasteiger partial charge in [0.05, 0.1) is 6.04 Å². The lowest BCUT2D eigenvalue weighted by atomic mass is 10.0. The van der Waals surface area contributed by atoms with Crippen molar-refractivity contribution in [1.82, 2.24) is 10.2 Å². The first-order valence-corrected chi connectivity index (χ1v) is 9.28. The van der Waals surface area contributed by atoms with E-state index >= 15 is 0 Å². The van der Waals surface area contributed by atoms with Gasteiger partial charge in [0, 0.05) is 13.0 Å². The van der Waals surface area contributed by atoms with Crippen LogP contribution in [0.25, 0.3) is 0 Å². The molecule has 158 valence electrons. The van der Waals surface area contributed by atoms with Crippen molar-refractivity contribution < 1.29 is 34.5 Å². The van der Waals surface area contributed by atoms with Crippen LogP contribution in [0.1, 0.15) is 31.2 Å². The number of nitrogens with zero attached hydrogens (tertiary/aromatic N) is 1. The molecule has 1 fully saturated rings. The number of benzene rings is 1. The molecule has 0 spiro atoms. The number of carbonyl (C=O) groups excluding carboxylic acids is 2. The van der Waals surface area contributed by atoms with Crippen LogP contribution >= 0.6 is 0 Å². The highest BCUT2D eigenvalue weighted by Crippen LogP contribution is 2.20. The Morgan fingerprint density at radius 1 is 1.17 bits per heavy atom. The van der Waals surface area contributed by atoms with Crippen molar-refractivity contribution in [3.05, 3.63) is 29.8 Å². The molecule has 1 aliphatic heterocycles. The zero-order valence-electron chi connectivity index (χ0n) is 15.8. The Bertz CT molecular complexity index is 766. The smallest absolute Gasteiger partial charge is 0.326 e. The molecule has 0 radical (unpaired) electrons. The quantitative estimate of drug-likeness (QED) is 0.371. The lowest BCUT2D eigenvalue weighted by Crippen LogP contribution is -2.55. The minimum atomic E-state index is -1.18. The van der Waals surface area contributed by atoms with Gasteiger partial charge in [0.1, 0.15) is 17.8 Å². The van der Waals surface area contributed by atoms with E-state index in [0.717, 1.165) is 0 Å². The van der Waals surface area contributed by atoms with E-state index in [2.05, 4.69) is 5.32 Å². The number of carboxylic acids is 2. The summed E-state index contributed by atoms with van der Waals surface area (Å²) in [7, 11) is 0.